The minimum Gasteiger partial charge on any atom is -0.545 e. The van der Waals surface area contributed by atoms with Crippen molar-refractivity contribution in [1.29, 1.82) is 0 Å². The van der Waals surface area contributed by atoms with Crippen molar-refractivity contribution < 1.29 is 48.9 Å². The number of rotatable bonds is 4. The molecule has 0 aliphatic rings. The van der Waals surface area contributed by atoms with E-state index in [-0.39, 0.29) is 35.1 Å². The van der Waals surface area contributed by atoms with Crippen LogP contribution in [0, 0.1) is 0 Å². The Morgan fingerprint density at radius 3 is 2.53 bits per heavy atom. The molecule has 0 amide bonds. The molecule has 0 N–H and O–H groups in total. The molecule has 1 rings (SSSR count). The third-order valence-electron chi connectivity index (χ3n) is 1.82. The Hall–Kier alpha value is -0.550. The summed E-state index contributed by atoms with van der Waals surface area (Å²) in [5, 5.41) is 10.5. The van der Waals surface area contributed by atoms with Crippen LogP contribution < -0.4 is 39.4 Å². The van der Waals surface area contributed by atoms with E-state index in [0.29, 0.717) is 12.4 Å². The SMILES string of the molecule is COCc1ccc(C(=O)[O-])cc1OC.[Na+]. The number of methoxy groups -OCH3 is 2. The molecule has 0 unspecified atom stereocenters. The van der Waals surface area contributed by atoms with E-state index in [1.807, 2.05) is 0 Å². The van der Waals surface area contributed by atoms with Gasteiger partial charge in [0.15, 0.2) is 0 Å². The maximum Gasteiger partial charge on any atom is 1.00 e. The van der Waals surface area contributed by atoms with Gasteiger partial charge in [-0.15, -0.1) is 0 Å². The molecule has 0 aliphatic heterocycles. The van der Waals surface area contributed by atoms with Crippen molar-refractivity contribution in [3.05, 3.63) is 29.3 Å². The Balaban J connectivity index is 0.00000196. The molecule has 15 heavy (non-hydrogen) atoms. The Kier molecular flexibility index (Phi) is 6.60. The summed E-state index contributed by atoms with van der Waals surface area (Å²) in [7, 11) is 3.04. The third-order valence-corrected chi connectivity index (χ3v) is 1.82. The minimum atomic E-state index is -1.22. The molecule has 4 nitrogen and oxygen atoms in total. The number of benzene rings is 1. The van der Waals surface area contributed by atoms with Crippen molar-refractivity contribution in [3.63, 3.8) is 0 Å². The van der Waals surface area contributed by atoms with E-state index < -0.39 is 5.97 Å². The van der Waals surface area contributed by atoms with Gasteiger partial charge in [-0.25, -0.2) is 0 Å². The molecule has 76 valence electrons. The van der Waals surface area contributed by atoms with Crippen molar-refractivity contribution in [2.45, 2.75) is 6.61 Å². The van der Waals surface area contributed by atoms with Gasteiger partial charge in [-0.05, 0) is 6.07 Å². The van der Waals surface area contributed by atoms with Crippen LogP contribution in [0.25, 0.3) is 0 Å². The molecule has 0 radical (unpaired) electrons. The fraction of sp³-hybridized carbons (Fsp3) is 0.300. The van der Waals surface area contributed by atoms with Gasteiger partial charge in [0.25, 0.3) is 0 Å². The first-order valence-electron chi connectivity index (χ1n) is 4.06. The summed E-state index contributed by atoms with van der Waals surface area (Å²) in [4.78, 5) is 10.5. The van der Waals surface area contributed by atoms with E-state index in [1.165, 1.54) is 19.2 Å². The van der Waals surface area contributed by atoms with Gasteiger partial charge < -0.3 is 19.4 Å². The fourth-order valence-electron chi connectivity index (χ4n) is 1.15. The molecule has 0 bridgehead atoms. The van der Waals surface area contributed by atoms with E-state index in [1.54, 1.807) is 13.2 Å². The van der Waals surface area contributed by atoms with Crippen LogP contribution in [0.2, 0.25) is 0 Å². The quantitative estimate of drug-likeness (QED) is 0.513. The van der Waals surface area contributed by atoms with E-state index in [2.05, 4.69) is 0 Å². The van der Waals surface area contributed by atoms with Crippen LogP contribution in [-0.2, 0) is 11.3 Å². The van der Waals surface area contributed by atoms with Gasteiger partial charge in [0.1, 0.15) is 5.75 Å². The number of carboxylic acids is 1. The molecule has 0 saturated heterocycles. The summed E-state index contributed by atoms with van der Waals surface area (Å²) < 4.78 is 9.95. The van der Waals surface area contributed by atoms with Crippen LogP contribution in [0.15, 0.2) is 18.2 Å². The predicted octanol–water partition coefficient (Wildman–Crippen LogP) is -2.79. The van der Waals surface area contributed by atoms with Crippen LogP contribution in [0.4, 0.5) is 0 Å². The number of carbonyl (C=O) groups is 1. The largest absolute Gasteiger partial charge is 1.00 e. The van der Waals surface area contributed by atoms with Crippen LogP contribution in [0.5, 0.6) is 5.75 Å². The average Bonchev–Trinajstić information content (AvgIpc) is 2.18. The Bertz CT molecular complexity index is 338. The van der Waals surface area contributed by atoms with Gasteiger partial charge in [-0.1, -0.05) is 12.1 Å². The van der Waals surface area contributed by atoms with Gasteiger partial charge in [-0.2, -0.15) is 0 Å². The smallest absolute Gasteiger partial charge is 0.545 e. The second kappa shape index (κ2) is 6.85. The van der Waals surface area contributed by atoms with Crippen LogP contribution in [0.1, 0.15) is 15.9 Å². The van der Waals surface area contributed by atoms with Crippen LogP contribution in [0.3, 0.4) is 0 Å². The maximum atomic E-state index is 10.5. The molecule has 0 fully saturated rings. The summed E-state index contributed by atoms with van der Waals surface area (Å²) in [5.74, 6) is -0.721. The molecule has 1 aromatic carbocycles. The Morgan fingerprint density at radius 1 is 1.40 bits per heavy atom. The Labute approximate surface area is 110 Å². The molecule has 0 heterocycles. The van der Waals surface area contributed by atoms with E-state index >= 15 is 0 Å². The molecule has 1 aromatic rings. The normalized spacial score (nSPS) is 9.20. The first-order chi connectivity index (χ1) is 6.69. The number of ether oxygens (including phenoxy) is 2. The zero-order valence-electron chi connectivity index (χ0n) is 9.07. The zero-order valence-corrected chi connectivity index (χ0v) is 11.1. The average molecular weight is 218 g/mol. The van der Waals surface area contributed by atoms with Gasteiger partial charge >= 0.3 is 29.6 Å². The van der Waals surface area contributed by atoms with Crippen molar-refractivity contribution in [3.8, 4) is 5.75 Å². The summed E-state index contributed by atoms with van der Waals surface area (Å²) >= 11 is 0. The second-order valence-corrected chi connectivity index (χ2v) is 2.75. The first-order valence-corrected chi connectivity index (χ1v) is 4.06. The van der Waals surface area contributed by atoms with E-state index in [0.717, 1.165) is 5.56 Å². The summed E-state index contributed by atoms with van der Waals surface area (Å²) in [6, 6.07) is 4.53. The zero-order chi connectivity index (χ0) is 10.6. The molecular weight excluding hydrogens is 207 g/mol. The standard InChI is InChI=1S/C10H12O4.Na/c1-13-6-8-4-3-7(10(11)12)5-9(8)14-2;/h3-5H,6H2,1-2H3,(H,11,12);/q;+1/p-1. The number of hydrogen-bond donors (Lipinski definition) is 0. The third kappa shape index (κ3) is 3.83. The second-order valence-electron chi connectivity index (χ2n) is 2.75. The molecule has 0 atom stereocenters. The molecular formula is C10H11NaO4. The van der Waals surface area contributed by atoms with E-state index in [4.69, 9.17) is 9.47 Å². The number of hydrogen-bond acceptors (Lipinski definition) is 4. The maximum absolute atomic E-state index is 10.5. The first kappa shape index (κ1) is 14.5. The van der Waals surface area contributed by atoms with Crippen molar-refractivity contribution in [2.75, 3.05) is 14.2 Å². The predicted molar refractivity (Wildman–Crippen MR) is 48.0 cm³/mol. The summed E-state index contributed by atoms with van der Waals surface area (Å²) in [6.07, 6.45) is 0. The van der Waals surface area contributed by atoms with Gasteiger partial charge in [0.05, 0.1) is 19.7 Å². The summed E-state index contributed by atoms with van der Waals surface area (Å²) in [6.45, 7) is 0.385. The van der Waals surface area contributed by atoms with Gasteiger partial charge in [0, 0.05) is 18.2 Å². The van der Waals surface area contributed by atoms with E-state index in [9.17, 15) is 9.90 Å². The molecule has 0 aromatic heterocycles. The van der Waals surface area contributed by atoms with Crippen molar-refractivity contribution in [2.24, 2.45) is 0 Å². The van der Waals surface area contributed by atoms with Crippen LogP contribution >= 0.6 is 0 Å². The monoisotopic (exact) mass is 218 g/mol. The van der Waals surface area contributed by atoms with Gasteiger partial charge in [0.2, 0.25) is 0 Å². The summed E-state index contributed by atoms with van der Waals surface area (Å²) in [5.41, 5.74) is 0.904. The molecule has 5 heteroatoms. The minimum absolute atomic E-state index is 0. The topological polar surface area (TPSA) is 58.6 Å². The van der Waals surface area contributed by atoms with Crippen LogP contribution in [-0.4, -0.2) is 20.2 Å². The van der Waals surface area contributed by atoms with Crippen molar-refractivity contribution in [1.82, 2.24) is 0 Å². The van der Waals surface area contributed by atoms with Crippen molar-refractivity contribution >= 4 is 5.97 Å². The molecule has 0 aliphatic carbocycles. The Morgan fingerprint density at radius 2 is 2.07 bits per heavy atom. The fourth-order valence-corrected chi connectivity index (χ4v) is 1.15. The number of carboxylic acid groups (broad SMARTS) is 1. The van der Waals surface area contributed by atoms with Gasteiger partial charge in [-0.3, -0.25) is 0 Å². The molecule has 0 saturated carbocycles. The molecule has 0 spiro atoms. The number of carbonyl (C=O) groups excluding carboxylic acids is 1. The number of aromatic carboxylic acids is 1.